The lowest BCUT2D eigenvalue weighted by molar-refractivity contribution is 0.101. The highest BCUT2D eigenvalue weighted by Crippen LogP contribution is 2.24. The van der Waals surface area contributed by atoms with Crippen LogP contribution in [0.4, 0.5) is 11.9 Å². The zero-order chi connectivity index (χ0) is 30.1. The number of allylic oxidation sites excluding steroid dienone is 2. The average Bonchev–Trinajstić information content (AvgIpc) is 3.76. The van der Waals surface area contributed by atoms with Gasteiger partial charge in [0, 0.05) is 25.3 Å². The minimum Gasteiger partial charge on any atom is -0.306 e. The summed E-state index contributed by atoms with van der Waals surface area (Å²) in [6, 6.07) is 17.2. The number of amides is 2. The van der Waals surface area contributed by atoms with Crippen LogP contribution in [0.25, 0.3) is 22.1 Å². The van der Waals surface area contributed by atoms with Crippen LogP contribution >= 0.6 is 0 Å². The van der Waals surface area contributed by atoms with Crippen LogP contribution in [0, 0.1) is 20.8 Å². The van der Waals surface area contributed by atoms with E-state index in [1.807, 2.05) is 91.4 Å². The molecule has 0 fully saturated rings. The van der Waals surface area contributed by atoms with Gasteiger partial charge in [-0.05, 0) is 63.6 Å². The largest absolute Gasteiger partial charge is 0.306 e. The molecule has 218 valence electrons. The summed E-state index contributed by atoms with van der Waals surface area (Å²) in [6.45, 7) is 9.15. The number of aryl methyl sites for hydroxylation is 4. The second kappa shape index (κ2) is 11.4. The van der Waals surface area contributed by atoms with Crippen molar-refractivity contribution in [3.8, 4) is 0 Å². The van der Waals surface area contributed by atoms with Gasteiger partial charge in [0.2, 0.25) is 11.9 Å². The van der Waals surface area contributed by atoms with Gasteiger partial charge < -0.3 is 9.13 Å². The molecule has 4 heterocycles. The van der Waals surface area contributed by atoms with E-state index in [0.29, 0.717) is 42.9 Å². The van der Waals surface area contributed by atoms with Crippen LogP contribution in [0.1, 0.15) is 44.9 Å². The van der Waals surface area contributed by atoms with E-state index in [2.05, 4.69) is 25.9 Å². The third-order valence-electron chi connectivity index (χ3n) is 7.20. The van der Waals surface area contributed by atoms with Crippen molar-refractivity contribution in [3.63, 3.8) is 0 Å². The lowest BCUT2D eigenvalue weighted by Gasteiger charge is -2.10. The van der Waals surface area contributed by atoms with Crippen LogP contribution in [0.5, 0.6) is 0 Å². The quantitative estimate of drug-likeness (QED) is 0.207. The van der Waals surface area contributed by atoms with E-state index in [1.165, 1.54) is 0 Å². The molecule has 12 nitrogen and oxygen atoms in total. The third-order valence-corrected chi connectivity index (χ3v) is 7.20. The number of benzene rings is 2. The van der Waals surface area contributed by atoms with Crippen LogP contribution in [0.15, 0.2) is 66.7 Å². The number of aromatic nitrogens is 8. The topological polar surface area (TPSA) is 140 Å². The summed E-state index contributed by atoms with van der Waals surface area (Å²) in [5.74, 6) is 0.273. The first-order chi connectivity index (χ1) is 20.8. The van der Waals surface area contributed by atoms with Gasteiger partial charge in [-0.25, -0.2) is 9.97 Å². The lowest BCUT2D eigenvalue weighted by atomic mass is 10.2. The molecule has 6 aromatic rings. The number of anilines is 2. The van der Waals surface area contributed by atoms with Gasteiger partial charge in [-0.1, -0.05) is 36.4 Å². The smallest absolute Gasteiger partial charge is 0.278 e. The van der Waals surface area contributed by atoms with Crippen LogP contribution < -0.4 is 10.6 Å². The number of para-hydroxylation sites is 3. The fourth-order valence-electron chi connectivity index (χ4n) is 5.12. The average molecular weight is 577 g/mol. The Morgan fingerprint density at radius 3 is 2.30 bits per heavy atom. The maximum absolute atomic E-state index is 13.2. The van der Waals surface area contributed by atoms with E-state index in [4.69, 9.17) is 9.97 Å². The van der Waals surface area contributed by atoms with Gasteiger partial charge in [-0.2, -0.15) is 10.2 Å². The molecule has 0 atom stereocenters. The summed E-state index contributed by atoms with van der Waals surface area (Å²) in [5, 5.41) is 17.2. The molecule has 0 aliphatic heterocycles. The minimum absolute atomic E-state index is 0.268. The Morgan fingerprint density at radius 1 is 0.860 bits per heavy atom. The Morgan fingerprint density at radius 2 is 1.56 bits per heavy atom. The van der Waals surface area contributed by atoms with Gasteiger partial charge in [0.05, 0.1) is 27.8 Å². The lowest BCUT2D eigenvalue weighted by Crippen LogP contribution is -2.19. The molecule has 2 aromatic carbocycles. The number of imidazole rings is 2. The highest BCUT2D eigenvalue weighted by Gasteiger charge is 2.19. The SMILES string of the molecule is CCn1nc(C)cc1C(=O)Nc1nc2ccccc2n1C/C=C/Cn1c(NC(=O)c2cc(C)[nH]n2)nc2c(C)cccc21. The number of carbonyl (C=O) groups is 2. The Bertz CT molecular complexity index is 2010. The Kier molecular flexibility index (Phi) is 7.33. The van der Waals surface area contributed by atoms with Crippen LogP contribution in [0.2, 0.25) is 0 Å². The van der Waals surface area contributed by atoms with Gasteiger partial charge in [0.15, 0.2) is 5.69 Å². The van der Waals surface area contributed by atoms with Crippen LogP contribution in [-0.2, 0) is 19.6 Å². The molecule has 6 rings (SSSR count). The normalized spacial score (nSPS) is 11.6. The molecule has 0 aliphatic rings. The van der Waals surface area contributed by atoms with Gasteiger partial charge in [-0.3, -0.25) is 30.0 Å². The zero-order valence-electron chi connectivity index (χ0n) is 24.4. The second-order valence-corrected chi connectivity index (χ2v) is 10.3. The summed E-state index contributed by atoms with van der Waals surface area (Å²) in [6.07, 6.45) is 4.02. The van der Waals surface area contributed by atoms with E-state index in [1.54, 1.807) is 16.8 Å². The Labute approximate surface area is 247 Å². The number of rotatable bonds is 9. The summed E-state index contributed by atoms with van der Waals surface area (Å²) in [4.78, 5) is 35.5. The molecule has 3 N–H and O–H groups in total. The van der Waals surface area contributed by atoms with Crippen molar-refractivity contribution >= 4 is 45.8 Å². The molecule has 43 heavy (non-hydrogen) atoms. The second-order valence-electron chi connectivity index (χ2n) is 10.3. The first kappa shape index (κ1) is 27.6. The molecule has 0 bridgehead atoms. The monoisotopic (exact) mass is 576 g/mol. The Balaban J connectivity index is 1.26. The fourth-order valence-corrected chi connectivity index (χ4v) is 5.12. The van der Waals surface area contributed by atoms with Gasteiger partial charge >= 0.3 is 0 Å². The maximum atomic E-state index is 13.2. The predicted molar refractivity (Wildman–Crippen MR) is 165 cm³/mol. The van der Waals surface area contributed by atoms with Crippen molar-refractivity contribution in [1.29, 1.82) is 0 Å². The maximum Gasteiger partial charge on any atom is 0.278 e. The molecule has 0 unspecified atom stereocenters. The van der Waals surface area contributed by atoms with Crippen LogP contribution in [-0.4, -0.2) is 50.9 Å². The summed E-state index contributed by atoms with van der Waals surface area (Å²) in [7, 11) is 0. The molecule has 0 saturated heterocycles. The first-order valence-corrected chi connectivity index (χ1v) is 14.1. The molecule has 0 aliphatic carbocycles. The summed E-state index contributed by atoms with van der Waals surface area (Å²) in [5.41, 5.74) is 6.76. The van der Waals surface area contributed by atoms with Crippen LogP contribution in [0.3, 0.4) is 0 Å². The molecule has 0 saturated carbocycles. The van der Waals surface area contributed by atoms with E-state index in [0.717, 1.165) is 39.0 Å². The number of nitrogens with one attached hydrogen (secondary N) is 3. The van der Waals surface area contributed by atoms with Crippen molar-refractivity contribution in [2.24, 2.45) is 0 Å². The number of hydrogen-bond acceptors (Lipinski definition) is 6. The van der Waals surface area contributed by atoms with E-state index >= 15 is 0 Å². The molecule has 0 radical (unpaired) electrons. The first-order valence-electron chi connectivity index (χ1n) is 14.1. The van der Waals surface area contributed by atoms with Gasteiger partial charge in [-0.15, -0.1) is 0 Å². The molecule has 12 heteroatoms. The number of aromatic amines is 1. The number of hydrogen-bond donors (Lipinski definition) is 3. The number of carbonyl (C=O) groups excluding carboxylic acids is 2. The summed E-state index contributed by atoms with van der Waals surface area (Å²) < 4.78 is 5.60. The summed E-state index contributed by atoms with van der Waals surface area (Å²) >= 11 is 0. The highest BCUT2D eigenvalue weighted by atomic mass is 16.2. The van der Waals surface area contributed by atoms with Crippen molar-refractivity contribution in [1.82, 2.24) is 39.1 Å². The van der Waals surface area contributed by atoms with Crippen molar-refractivity contribution in [2.75, 3.05) is 10.6 Å². The molecule has 2 amide bonds. The van der Waals surface area contributed by atoms with Gasteiger partial charge in [0.25, 0.3) is 11.8 Å². The minimum atomic E-state index is -0.340. The van der Waals surface area contributed by atoms with Crippen molar-refractivity contribution < 1.29 is 9.59 Å². The van der Waals surface area contributed by atoms with Crippen molar-refractivity contribution in [3.05, 3.63) is 95.1 Å². The number of fused-ring (bicyclic) bond motifs is 2. The fraction of sp³-hybridized carbons (Fsp3) is 0.226. The van der Waals surface area contributed by atoms with E-state index in [9.17, 15) is 9.59 Å². The van der Waals surface area contributed by atoms with Gasteiger partial charge in [0.1, 0.15) is 5.69 Å². The predicted octanol–water partition coefficient (Wildman–Crippen LogP) is 5.01. The molecular formula is C31H32N10O2. The van der Waals surface area contributed by atoms with Crippen molar-refractivity contribution in [2.45, 2.75) is 47.3 Å². The standard InChI is InChI=1S/C31H32N10O2/c1-5-41-26(18-21(4)38-41)29(43)35-30-32-22-12-6-7-13-24(22)39(30)15-8-9-16-40-25-14-10-11-19(2)27(25)33-31(40)34-28(42)23-17-20(3)36-37-23/h6-14,17-18H,5,15-16H2,1-4H3,(H,36,37)(H,32,35,43)(H,33,34,42)/b9-8+. The molecule has 4 aromatic heterocycles. The van der Waals surface area contributed by atoms with E-state index in [-0.39, 0.29) is 11.8 Å². The molecule has 0 spiro atoms. The van der Waals surface area contributed by atoms with E-state index < -0.39 is 0 Å². The zero-order valence-corrected chi connectivity index (χ0v) is 24.4. The highest BCUT2D eigenvalue weighted by molar-refractivity contribution is 6.03. The molecular weight excluding hydrogens is 544 g/mol. The number of H-pyrrole nitrogens is 1. The Hall–Kier alpha value is -5.52. The number of nitrogens with zero attached hydrogens (tertiary/aromatic N) is 7. The third kappa shape index (κ3) is 5.42.